The predicted octanol–water partition coefficient (Wildman–Crippen LogP) is 3.47. The third-order valence-corrected chi connectivity index (χ3v) is 7.75. The Bertz CT molecular complexity index is 1120. The smallest absolute Gasteiger partial charge is 0.266 e. The van der Waals surface area contributed by atoms with Crippen molar-refractivity contribution in [2.75, 3.05) is 12.3 Å². The summed E-state index contributed by atoms with van der Waals surface area (Å²) < 4.78 is 25.0. The normalized spacial score (nSPS) is 15.7. The Balaban J connectivity index is 1.60. The van der Waals surface area contributed by atoms with Gasteiger partial charge in [-0.15, -0.1) is 11.3 Å². The van der Waals surface area contributed by atoms with E-state index in [0.717, 1.165) is 10.6 Å². The van der Waals surface area contributed by atoms with Gasteiger partial charge in [0.25, 0.3) is 5.91 Å². The molecule has 0 saturated carbocycles. The van der Waals surface area contributed by atoms with Crippen LogP contribution in [0.15, 0.2) is 59.5 Å². The van der Waals surface area contributed by atoms with Gasteiger partial charge in [0.15, 0.2) is 9.84 Å². The van der Waals surface area contributed by atoms with Gasteiger partial charge in [0.2, 0.25) is 0 Å². The first-order valence-electron chi connectivity index (χ1n) is 9.04. The lowest BCUT2D eigenvalue weighted by Gasteiger charge is -2.19. The summed E-state index contributed by atoms with van der Waals surface area (Å²) >= 11 is 1.39. The zero-order valence-electron chi connectivity index (χ0n) is 15.5. The van der Waals surface area contributed by atoms with E-state index in [4.69, 9.17) is 0 Å². The SMILES string of the molecule is Cc1nc(Cc2ccccc2)sc1C(=O)N1CCS(=O)(=O)c2ccccc2C1. The number of carbonyl (C=O) groups is 1. The molecule has 1 aliphatic heterocycles. The van der Waals surface area contributed by atoms with Crippen molar-refractivity contribution in [3.8, 4) is 0 Å². The van der Waals surface area contributed by atoms with E-state index in [2.05, 4.69) is 4.98 Å². The second-order valence-electron chi connectivity index (χ2n) is 6.84. The lowest BCUT2D eigenvalue weighted by molar-refractivity contribution is 0.0758. The Labute approximate surface area is 168 Å². The molecular formula is C21H20N2O3S2. The number of aromatic nitrogens is 1. The summed E-state index contributed by atoms with van der Waals surface area (Å²) in [7, 11) is -3.38. The molecule has 1 aromatic heterocycles. The molecule has 0 saturated heterocycles. The zero-order chi connectivity index (χ0) is 19.7. The van der Waals surface area contributed by atoms with Crippen LogP contribution in [0.4, 0.5) is 0 Å². The van der Waals surface area contributed by atoms with E-state index in [9.17, 15) is 13.2 Å². The summed E-state index contributed by atoms with van der Waals surface area (Å²) in [6, 6.07) is 16.9. The van der Waals surface area contributed by atoms with E-state index in [1.54, 1.807) is 29.2 Å². The summed E-state index contributed by atoms with van der Waals surface area (Å²) in [6.07, 6.45) is 0.677. The molecule has 0 N–H and O–H groups in total. The van der Waals surface area contributed by atoms with Crippen LogP contribution < -0.4 is 0 Å². The van der Waals surface area contributed by atoms with E-state index < -0.39 is 9.84 Å². The van der Waals surface area contributed by atoms with Crippen LogP contribution in [0.1, 0.15) is 31.5 Å². The molecule has 1 aliphatic rings. The molecule has 2 heterocycles. The molecule has 0 atom stereocenters. The van der Waals surface area contributed by atoms with Crippen LogP contribution in [0.25, 0.3) is 0 Å². The topological polar surface area (TPSA) is 67.3 Å². The Kier molecular flexibility index (Phi) is 5.03. The van der Waals surface area contributed by atoms with Gasteiger partial charge in [-0.3, -0.25) is 4.79 Å². The summed E-state index contributed by atoms with van der Waals surface area (Å²) in [5.41, 5.74) is 2.51. The van der Waals surface area contributed by atoms with Gasteiger partial charge in [-0.1, -0.05) is 48.5 Å². The second-order valence-corrected chi connectivity index (χ2v) is 10.00. The van der Waals surface area contributed by atoms with Crippen molar-refractivity contribution in [2.24, 2.45) is 0 Å². The number of fused-ring (bicyclic) bond motifs is 1. The van der Waals surface area contributed by atoms with Crippen LogP contribution in [0.3, 0.4) is 0 Å². The minimum Gasteiger partial charge on any atom is -0.332 e. The molecular weight excluding hydrogens is 392 g/mol. The number of rotatable bonds is 3. The minimum absolute atomic E-state index is 0.0650. The van der Waals surface area contributed by atoms with Crippen molar-refractivity contribution >= 4 is 27.1 Å². The van der Waals surface area contributed by atoms with Crippen molar-refractivity contribution in [2.45, 2.75) is 24.8 Å². The standard InChI is InChI=1S/C21H20N2O3S2/c1-15-20(27-19(22-15)13-16-7-3-2-4-8-16)21(24)23-11-12-28(25,26)18-10-6-5-9-17(18)14-23/h2-10H,11-14H2,1H3. The van der Waals surface area contributed by atoms with Gasteiger partial charge in [0.05, 0.1) is 21.3 Å². The van der Waals surface area contributed by atoms with Crippen LogP contribution in [-0.2, 0) is 22.8 Å². The lowest BCUT2D eigenvalue weighted by atomic mass is 10.2. The number of sulfone groups is 1. The highest BCUT2D eigenvalue weighted by Crippen LogP contribution is 2.27. The van der Waals surface area contributed by atoms with Gasteiger partial charge in [-0.2, -0.15) is 0 Å². The average Bonchev–Trinajstić information content (AvgIpc) is 2.98. The van der Waals surface area contributed by atoms with Gasteiger partial charge >= 0.3 is 0 Å². The van der Waals surface area contributed by atoms with Gasteiger partial charge < -0.3 is 4.90 Å². The molecule has 2 aromatic carbocycles. The number of hydrogen-bond donors (Lipinski definition) is 0. The number of thiazole rings is 1. The van der Waals surface area contributed by atoms with Gasteiger partial charge in [0, 0.05) is 19.5 Å². The fourth-order valence-corrected chi connectivity index (χ4v) is 5.94. The van der Waals surface area contributed by atoms with Crippen LogP contribution >= 0.6 is 11.3 Å². The summed E-state index contributed by atoms with van der Waals surface area (Å²) in [4.78, 5) is 20.3. The zero-order valence-corrected chi connectivity index (χ0v) is 17.1. The minimum atomic E-state index is -3.38. The van der Waals surface area contributed by atoms with E-state index in [1.165, 1.54) is 11.3 Å². The van der Waals surface area contributed by atoms with Crippen LogP contribution in [-0.4, -0.2) is 36.5 Å². The molecule has 5 nitrogen and oxygen atoms in total. The highest BCUT2D eigenvalue weighted by molar-refractivity contribution is 7.91. The molecule has 1 amide bonds. The Morgan fingerprint density at radius 1 is 1.11 bits per heavy atom. The third kappa shape index (κ3) is 3.72. The Morgan fingerprint density at radius 3 is 2.61 bits per heavy atom. The summed E-state index contributed by atoms with van der Waals surface area (Å²) in [5.74, 6) is -0.217. The number of hydrogen-bond acceptors (Lipinski definition) is 5. The van der Waals surface area contributed by atoms with Crippen LogP contribution in [0.5, 0.6) is 0 Å². The average molecular weight is 413 g/mol. The summed E-state index contributed by atoms with van der Waals surface area (Å²) in [5, 5.41) is 0.884. The maximum atomic E-state index is 13.2. The maximum Gasteiger partial charge on any atom is 0.266 e. The van der Waals surface area contributed by atoms with Crippen molar-refractivity contribution in [3.05, 3.63) is 81.3 Å². The Hall–Kier alpha value is -2.51. The largest absolute Gasteiger partial charge is 0.332 e. The Morgan fingerprint density at radius 2 is 1.82 bits per heavy atom. The molecule has 7 heteroatoms. The van der Waals surface area contributed by atoms with E-state index in [0.29, 0.717) is 34.0 Å². The fraction of sp³-hybridized carbons (Fsp3) is 0.238. The molecule has 0 radical (unpaired) electrons. The number of aryl methyl sites for hydroxylation is 1. The molecule has 144 valence electrons. The predicted molar refractivity (Wildman–Crippen MR) is 109 cm³/mol. The lowest BCUT2D eigenvalue weighted by Crippen LogP contribution is -2.32. The van der Waals surface area contributed by atoms with E-state index in [1.807, 2.05) is 37.3 Å². The molecule has 0 unspecified atom stereocenters. The highest BCUT2D eigenvalue weighted by Gasteiger charge is 2.29. The monoisotopic (exact) mass is 412 g/mol. The first-order chi connectivity index (χ1) is 13.4. The first kappa shape index (κ1) is 18.8. The quantitative estimate of drug-likeness (QED) is 0.661. The van der Waals surface area contributed by atoms with Crippen LogP contribution in [0.2, 0.25) is 0 Å². The molecule has 0 bridgehead atoms. The molecule has 3 aromatic rings. The molecule has 4 rings (SSSR count). The number of amides is 1. The molecule has 0 fully saturated rings. The molecule has 0 aliphatic carbocycles. The maximum absolute atomic E-state index is 13.2. The number of benzene rings is 2. The van der Waals surface area contributed by atoms with Crippen molar-refractivity contribution < 1.29 is 13.2 Å². The van der Waals surface area contributed by atoms with Crippen molar-refractivity contribution in [3.63, 3.8) is 0 Å². The number of nitrogens with zero attached hydrogens (tertiary/aromatic N) is 2. The van der Waals surface area contributed by atoms with Crippen molar-refractivity contribution in [1.82, 2.24) is 9.88 Å². The summed E-state index contributed by atoms with van der Waals surface area (Å²) in [6.45, 7) is 2.31. The third-order valence-electron chi connectivity index (χ3n) is 4.82. The molecule has 0 spiro atoms. The fourth-order valence-electron chi connectivity index (χ4n) is 3.38. The van der Waals surface area contributed by atoms with E-state index in [-0.39, 0.29) is 18.2 Å². The van der Waals surface area contributed by atoms with Crippen LogP contribution in [0, 0.1) is 6.92 Å². The number of carbonyl (C=O) groups excluding carboxylic acids is 1. The van der Waals surface area contributed by atoms with E-state index >= 15 is 0 Å². The molecule has 28 heavy (non-hydrogen) atoms. The van der Waals surface area contributed by atoms with Crippen molar-refractivity contribution in [1.29, 1.82) is 0 Å². The first-order valence-corrected chi connectivity index (χ1v) is 11.5. The van der Waals surface area contributed by atoms with Gasteiger partial charge in [-0.25, -0.2) is 13.4 Å². The van der Waals surface area contributed by atoms with Gasteiger partial charge in [-0.05, 0) is 24.1 Å². The van der Waals surface area contributed by atoms with Gasteiger partial charge in [0.1, 0.15) is 4.88 Å². The highest BCUT2D eigenvalue weighted by atomic mass is 32.2. The second kappa shape index (κ2) is 7.48.